The Balaban J connectivity index is 1.40. The lowest BCUT2D eigenvalue weighted by Crippen LogP contribution is -2.38. The topological polar surface area (TPSA) is 59.2 Å². The first-order valence-electron chi connectivity index (χ1n) is 8.95. The molecule has 5 heteroatoms. The fourth-order valence-corrected chi connectivity index (χ4v) is 3.31. The third-order valence-corrected chi connectivity index (χ3v) is 4.90. The third-order valence-electron chi connectivity index (χ3n) is 4.90. The Morgan fingerprint density at radius 1 is 1.04 bits per heavy atom. The molecule has 1 fully saturated rings. The van der Waals surface area contributed by atoms with Gasteiger partial charge in [-0.05, 0) is 31.9 Å². The van der Waals surface area contributed by atoms with E-state index in [9.17, 15) is 4.79 Å². The number of aryl methyl sites for hydroxylation is 1. The van der Waals surface area contributed by atoms with E-state index in [-0.39, 0.29) is 11.8 Å². The van der Waals surface area contributed by atoms with Crippen LogP contribution in [0.3, 0.4) is 0 Å². The molecule has 3 aromatic rings. The van der Waals surface area contributed by atoms with Crippen LogP contribution in [0.5, 0.6) is 0 Å². The van der Waals surface area contributed by atoms with Crippen molar-refractivity contribution in [2.45, 2.75) is 25.7 Å². The van der Waals surface area contributed by atoms with Gasteiger partial charge in [0, 0.05) is 30.1 Å². The van der Waals surface area contributed by atoms with Crippen molar-refractivity contribution in [3.63, 3.8) is 0 Å². The molecule has 5 nitrogen and oxygen atoms in total. The van der Waals surface area contributed by atoms with Crippen LogP contribution in [0, 0.1) is 6.92 Å². The molecule has 0 spiro atoms. The number of carbonyl (C=O) groups is 1. The van der Waals surface area contributed by atoms with Crippen molar-refractivity contribution in [1.29, 1.82) is 0 Å². The van der Waals surface area contributed by atoms with Gasteiger partial charge in [0.25, 0.3) is 5.91 Å². The molecule has 1 amide bonds. The van der Waals surface area contributed by atoms with E-state index in [4.69, 9.17) is 4.52 Å². The lowest BCUT2D eigenvalue weighted by molar-refractivity contribution is 0.0704. The number of piperidine rings is 1. The smallest absolute Gasteiger partial charge is 0.253 e. The molecule has 0 bridgehead atoms. The summed E-state index contributed by atoms with van der Waals surface area (Å²) in [5.74, 6) is 1.60. The van der Waals surface area contributed by atoms with Crippen LogP contribution in [0.4, 0.5) is 0 Å². The van der Waals surface area contributed by atoms with E-state index in [0.717, 1.165) is 29.5 Å². The minimum Gasteiger partial charge on any atom is -0.339 e. The highest BCUT2D eigenvalue weighted by atomic mass is 16.5. The van der Waals surface area contributed by atoms with Crippen molar-refractivity contribution in [2.75, 3.05) is 13.1 Å². The van der Waals surface area contributed by atoms with Crippen LogP contribution < -0.4 is 0 Å². The van der Waals surface area contributed by atoms with Crippen LogP contribution in [0.2, 0.25) is 0 Å². The minimum atomic E-state index is 0.0963. The standard InChI is InChI=1S/C21H21N3O2/c1-15-7-9-18(10-8-15)21(25)24-13-11-17(12-14-24)20-22-19(23-26-20)16-5-3-2-4-6-16/h2-10,17H,11-14H2,1H3. The predicted octanol–water partition coefficient (Wildman–Crippen LogP) is 4.06. The molecule has 0 saturated carbocycles. The quantitative estimate of drug-likeness (QED) is 0.717. The van der Waals surface area contributed by atoms with Gasteiger partial charge >= 0.3 is 0 Å². The van der Waals surface area contributed by atoms with Gasteiger partial charge in [-0.2, -0.15) is 4.98 Å². The first-order chi connectivity index (χ1) is 12.7. The Kier molecular flexibility index (Phi) is 4.52. The van der Waals surface area contributed by atoms with Gasteiger partial charge in [0.15, 0.2) is 0 Å². The molecule has 132 valence electrons. The maximum absolute atomic E-state index is 12.6. The Morgan fingerprint density at radius 3 is 2.42 bits per heavy atom. The number of likely N-dealkylation sites (tertiary alicyclic amines) is 1. The molecule has 1 aliphatic rings. The second-order valence-corrected chi connectivity index (χ2v) is 6.75. The van der Waals surface area contributed by atoms with E-state index in [1.54, 1.807) is 0 Å². The van der Waals surface area contributed by atoms with Crippen LogP contribution in [0.25, 0.3) is 11.4 Å². The highest BCUT2D eigenvalue weighted by Crippen LogP contribution is 2.29. The molecule has 0 N–H and O–H groups in total. The fourth-order valence-electron chi connectivity index (χ4n) is 3.31. The van der Waals surface area contributed by atoms with E-state index in [1.807, 2.05) is 66.4 Å². The van der Waals surface area contributed by atoms with Gasteiger partial charge in [0.2, 0.25) is 11.7 Å². The summed E-state index contributed by atoms with van der Waals surface area (Å²) in [5.41, 5.74) is 2.86. The average molecular weight is 347 g/mol. The largest absolute Gasteiger partial charge is 0.339 e. The zero-order valence-corrected chi connectivity index (χ0v) is 14.8. The first kappa shape index (κ1) is 16.5. The number of aromatic nitrogens is 2. The number of carbonyl (C=O) groups excluding carboxylic acids is 1. The number of nitrogens with zero attached hydrogens (tertiary/aromatic N) is 3. The maximum atomic E-state index is 12.6. The summed E-state index contributed by atoms with van der Waals surface area (Å²) >= 11 is 0. The second-order valence-electron chi connectivity index (χ2n) is 6.75. The molecule has 0 unspecified atom stereocenters. The Labute approximate surface area is 152 Å². The lowest BCUT2D eigenvalue weighted by atomic mass is 9.96. The van der Waals surface area contributed by atoms with Crippen molar-refractivity contribution >= 4 is 5.91 Å². The second kappa shape index (κ2) is 7.12. The molecular formula is C21H21N3O2. The summed E-state index contributed by atoms with van der Waals surface area (Å²) in [6.45, 7) is 3.44. The summed E-state index contributed by atoms with van der Waals surface area (Å²) in [6, 6.07) is 17.6. The molecule has 1 aliphatic heterocycles. The molecule has 2 heterocycles. The van der Waals surface area contributed by atoms with Gasteiger partial charge in [0.05, 0.1) is 0 Å². The monoisotopic (exact) mass is 347 g/mol. The molecule has 1 aromatic heterocycles. The molecule has 0 aliphatic carbocycles. The van der Waals surface area contributed by atoms with Crippen LogP contribution in [0.1, 0.15) is 40.6 Å². The maximum Gasteiger partial charge on any atom is 0.253 e. The zero-order chi connectivity index (χ0) is 17.9. The molecule has 1 saturated heterocycles. The molecular weight excluding hydrogens is 326 g/mol. The predicted molar refractivity (Wildman–Crippen MR) is 98.8 cm³/mol. The van der Waals surface area contributed by atoms with E-state index < -0.39 is 0 Å². The summed E-state index contributed by atoms with van der Waals surface area (Å²) < 4.78 is 5.49. The third kappa shape index (κ3) is 3.38. The van der Waals surface area contributed by atoms with Gasteiger partial charge < -0.3 is 9.42 Å². The summed E-state index contributed by atoms with van der Waals surface area (Å²) in [7, 11) is 0. The molecule has 0 atom stereocenters. The molecule has 26 heavy (non-hydrogen) atoms. The highest BCUT2D eigenvalue weighted by molar-refractivity contribution is 5.94. The van der Waals surface area contributed by atoms with Gasteiger partial charge in [-0.3, -0.25) is 4.79 Å². The Bertz CT molecular complexity index is 879. The highest BCUT2D eigenvalue weighted by Gasteiger charge is 2.28. The van der Waals surface area contributed by atoms with Crippen LogP contribution in [-0.2, 0) is 0 Å². The number of rotatable bonds is 3. The Morgan fingerprint density at radius 2 is 1.73 bits per heavy atom. The number of hydrogen-bond acceptors (Lipinski definition) is 4. The number of amides is 1. The van der Waals surface area contributed by atoms with E-state index in [2.05, 4.69) is 10.1 Å². The fraction of sp³-hybridized carbons (Fsp3) is 0.286. The van der Waals surface area contributed by atoms with Crippen LogP contribution in [0.15, 0.2) is 59.1 Å². The molecule has 0 radical (unpaired) electrons. The summed E-state index contributed by atoms with van der Waals surface area (Å²) in [5, 5.41) is 4.10. The van der Waals surface area contributed by atoms with Crippen molar-refractivity contribution in [3.8, 4) is 11.4 Å². The average Bonchev–Trinajstić information content (AvgIpc) is 3.19. The molecule has 4 rings (SSSR count). The van der Waals surface area contributed by atoms with Crippen LogP contribution >= 0.6 is 0 Å². The van der Waals surface area contributed by atoms with E-state index in [0.29, 0.717) is 24.8 Å². The van der Waals surface area contributed by atoms with Gasteiger partial charge in [-0.25, -0.2) is 0 Å². The minimum absolute atomic E-state index is 0.0963. The SMILES string of the molecule is Cc1ccc(C(=O)N2CCC(c3nc(-c4ccccc4)no3)CC2)cc1. The van der Waals surface area contributed by atoms with Crippen molar-refractivity contribution in [2.24, 2.45) is 0 Å². The zero-order valence-electron chi connectivity index (χ0n) is 14.8. The van der Waals surface area contributed by atoms with Crippen molar-refractivity contribution in [3.05, 3.63) is 71.6 Å². The normalized spacial score (nSPS) is 15.2. The van der Waals surface area contributed by atoms with Gasteiger partial charge in [-0.1, -0.05) is 53.2 Å². The van der Waals surface area contributed by atoms with Crippen molar-refractivity contribution < 1.29 is 9.32 Å². The van der Waals surface area contributed by atoms with Crippen molar-refractivity contribution in [1.82, 2.24) is 15.0 Å². The first-order valence-corrected chi connectivity index (χ1v) is 8.95. The Hall–Kier alpha value is -2.95. The molecule has 2 aromatic carbocycles. The summed E-state index contributed by atoms with van der Waals surface area (Å²) in [4.78, 5) is 19.1. The van der Waals surface area contributed by atoms with E-state index in [1.165, 1.54) is 0 Å². The van der Waals surface area contributed by atoms with Gasteiger partial charge in [0.1, 0.15) is 0 Å². The number of benzene rings is 2. The summed E-state index contributed by atoms with van der Waals surface area (Å²) in [6.07, 6.45) is 1.68. The van der Waals surface area contributed by atoms with Crippen LogP contribution in [-0.4, -0.2) is 34.0 Å². The number of hydrogen-bond donors (Lipinski definition) is 0. The van der Waals surface area contributed by atoms with Gasteiger partial charge in [-0.15, -0.1) is 0 Å². The lowest BCUT2D eigenvalue weighted by Gasteiger charge is -2.30. The van der Waals surface area contributed by atoms with E-state index >= 15 is 0 Å².